The molecule has 0 saturated carbocycles. The van der Waals surface area contributed by atoms with E-state index in [9.17, 15) is 14.4 Å². The number of rotatable bonds is 7. The summed E-state index contributed by atoms with van der Waals surface area (Å²) in [5.41, 5.74) is 0.441. The molecule has 0 amide bonds. The molecule has 1 heterocycles. The van der Waals surface area contributed by atoms with Crippen LogP contribution in [0.3, 0.4) is 0 Å². The maximum Gasteiger partial charge on any atom is 0.426 e. The normalized spacial score (nSPS) is 12.3. The Balaban J connectivity index is 2.06. The fraction of sp³-hybridized carbons (Fsp3) is 0.542. The number of para-hydroxylation sites is 1. The predicted octanol–water partition coefficient (Wildman–Crippen LogP) is 4.26. The van der Waals surface area contributed by atoms with E-state index in [1.165, 1.54) is 4.57 Å². The molecule has 7 heteroatoms. The number of hydrogen-bond acceptors (Lipinski definition) is 6. The Bertz CT molecular complexity index is 951. The maximum absolute atomic E-state index is 12.7. The summed E-state index contributed by atoms with van der Waals surface area (Å²) in [6.07, 6.45) is 1.72. The maximum atomic E-state index is 12.7. The van der Waals surface area contributed by atoms with Crippen molar-refractivity contribution in [2.24, 2.45) is 10.8 Å². The first-order valence-corrected chi connectivity index (χ1v) is 10.5. The largest absolute Gasteiger partial charge is 0.465 e. The number of fused-ring (bicyclic) bond motifs is 1. The third-order valence-corrected chi connectivity index (χ3v) is 4.85. The highest BCUT2D eigenvalue weighted by Crippen LogP contribution is 2.25. The summed E-state index contributed by atoms with van der Waals surface area (Å²) in [4.78, 5) is 39.2. The van der Waals surface area contributed by atoms with Gasteiger partial charge in [0.25, 0.3) is 0 Å². The lowest BCUT2D eigenvalue weighted by Gasteiger charge is -2.25. The van der Waals surface area contributed by atoms with Gasteiger partial charge >= 0.3 is 18.0 Å². The molecule has 7 nitrogen and oxygen atoms in total. The van der Waals surface area contributed by atoms with Crippen LogP contribution in [0.1, 0.15) is 46.6 Å². The van der Waals surface area contributed by atoms with Crippen LogP contribution in [0.2, 0.25) is 0 Å². The molecule has 1 aromatic heterocycles. The van der Waals surface area contributed by atoms with Gasteiger partial charge in [0.2, 0.25) is 0 Å². The molecule has 0 saturated heterocycles. The van der Waals surface area contributed by atoms with Crippen LogP contribution in [0.4, 0.5) is 4.79 Å². The molecule has 2 rings (SSSR count). The number of ether oxygens (including phenoxy) is 2. The second kappa shape index (κ2) is 9.64. The standard InChI is InChI=1S/C24H34N2O5/c1-23(2,3)21(28)30-16-24(4,5)14-20(27)31-22(29)26-15-17(12-13-25(6)7)18-10-8-9-11-19(18)26/h8-11,15H,12-14,16H2,1-7H3. The van der Waals surface area contributed by atoms with Crippen molar-refractivity contribution >= 4 is 28.9 Å². The van der Waals surface area contributed by atoms with E-state index in [1.807, 2.05) is 38.4 Å². The quantitative estimate of drug-likeness (QED) is 0.482. The average Bonchev–Trinajstić information content (AvgIpc) is 3.02. The molecule has 1 aromatic carbocycles. The second-order valence-electron chi connectivity index (χ2n) is 10.0. The van der Waals surface area contributed by atoms with Crippen LogP contribution in [0.25, 0.3) is 10.9 Å². The van der Waals surface area contributed by atoms with E-state index in [2.05, 4.69) is 4.90 Å². The van der Waals surface area contributed by atoms with Crippen molar-refractivity contribution in [1.29, 1.82) is 0 Å². The number of benzene rings is 1. The fourth-order valence-electron chi connectivity index (χ4n) is 3.05. The van der Waals surface area contributed by atoms with E-state index < -0.39 is 22.9 Å². The summed E-state index contributed by atoms with van der Waals surface area (Å²) in [6.45, 7) is 9.78. The first-order chi connectivity index (χ1) is 14.3. The van der Waals surface area contributed by atoms with E-state index >= 15 is 0 Å². The highest BCUT2D eigenvalue weighted by atomic mass is 16.6. The van der Waals surface area contributed by atoms with Gasteiger partial charge in [0.15, 0.2) is 0 Å². The zero-order valence-corrected chi connectivity index (χ0v) is 19.7. The monoisotopic (exact) mass is 430 g/mol. The lowest BCUT2D eigenvalue weighted by molar-refractivity contribution is -0.158. The summed E-state index contributed by atoms with van der Waals surface area (Å²) >= 11 is 0. The van der Waals surface area contributed by atoms with Crippen molar-refractivity contribution in [2.45, 2.75) is 47.5 Å². The van der Waals surface area contributed by atoms with E-state index in [4.69, 9.17) is 9.47 Å². The molecule has 170 valence electrons. The summed E-state index contributed by atoms with van der Waals surface area (Å²) in [5, 5.41) is 0.961. The van der Waals surface area contributed by atoms with Gasteiger partial charge in [0.05, 0.1) is 24.0 Å². The van der Waals surface area contributed by atoms with E-state index in [1.54, 1.807) is 40.8 Å². The van der Waals surface area contributed by atoms with Crippen LogP contribution in [-0.2, 0) is 25.5 Å². The van der Waals surface area contributed by atoms with E-state index in [0.717, 1.165) is 23.9 Å². The molecule has 0 aliphatic heterocycles. The molecular formula is C24H34N2O5. The minimum atomic E-state index is -0.736. The molecule has 31 heavy (non-hydrogen) atoms. The van der Waals surface area contributed by atoms with Gasteiger partial charge in [0.1, 0.15) is 0 Å². The second-order valence-corrected chi connectivity index (χ2v) is 10.0. The zero-order valence-electron chi connectivity index (χ0n) is 19.7. The molecule has 0 atom stereocenters. The van der Waals surface area contributed by atoms with Crippen LogP contribution < -0.4 is 0 Å². The first-order valence-electron chi connectivity index (χ1n) is 10.5. The molecule has 0 fully saturated rings. The molecule has 2 aromatic rings. The molecular weight excluding hydrogens is 396 g/mol. The highest BCUT2D eigenvalue weighted by molar-refractivity contribution is 5.95. The number of carbonyl (C=O) groups is 3. The Kier molecular flexibility index (Phi) is 7.65. The van der Waals surface area contributed by atoms with E-state index in [0.29, 0.717) is 5.52 Å². The molecule has 0 N–H and O–H groups in total. The SMILES string of the molecule is CN(C)CCc1cn(C(=O)OC(=O)CC(C)(C)COC(=O)C(C)(C)C)c2ccccc12. The van der Waals surface area contributed by atoms with Crippen molar-refractivity contribution in [3.8, 4) is 0 Å². The van der Waals surface area contributed by atoms with Crippen molar-refractivity contribution < 1.29 is 23.9 Å². The van der Waals surface area contributed by atoms with Crippen LogP contribution in [0.15, 0.2) is 30.5 Å². The Hall–Kier alpha value is -2.67. The van der Waals surface area contributed by atoms with Gasteiger partial charge in [0, 0.05) is 23.5 Å². The van der Waals surface area contributed by atoms with Crippen molar-refractivity contribution in [1.82, 2.24) is 9.47 Å². The molecule has 0 aliphatic carbocycles. The van der Waals surface area contributed by atoms with Crippen LogP contribution in [0, 0.1) is 10.8 Å². The van der Waals surface area contributed by atoms with Gasteiger partial charge < -0.3 is 14.4 Å². The molecule has 0 unspecified atom stereocenters. The van der Waals surface area contributed by atoms with Crippen LogP contribution in [-0.4, -0.2) is 54.7 Å². The number of hydrogen-bond donors (Lipinski definition) is 0. The minimum absolute atomic E-state index is 0.0527. The number of aromatic nitrogens is 1. The smallest absolute Gasteiger partial charge is 0.426 e. The average molecular weight is 431 g/mol. The zero-order chi connectivity index (χ0) is 23.4. The lowest BCUT2D eigenvalue weighted by Crippen LogP contribution is -2.31. The number of likely N-dealkylation sites (N-methyl/N-ethyl adjacent to an activating group) is 1. The van der Waals surface area contributed by atoms with Crippen LogP contribution in [0.5, 0.6) is 0 Å². The summed E-state index contributed by atoms with van der Waals surface area (Å²) in [6, 6.07) is 7.55. The Labute approximate surface area is 184 Å². The Morgan fingerprint density at radius 3 is 2.29 bits per heavy atom. The number of carbonyl (C=O) groups excluding carboxylic acids is 3. The molecule has 0 radical (unpaired) electrons. The number of nitrogens with zero attached hydrogens (tertiary/aromatic N) is 2. The van der Waals surface area contributed by atoms with Crippen molar-refractivity contribution in [3.63, 3.8) is 0 Å². The van der Waals surface area contributed by atoms with E-state index in [-0.39, 0.29) is 19.0 Å². The third-order valence-electron chi connectivity index (χ3n) is 4.85. The van der Waals surface area contributed by atoms with Gasteiger partial charge in [-0.3, -0.25) is 14.2 Å². The molecule has 0 spiro atoms. The topological polar surface area (TPSA) is 77.8 Å². The fourth-order valence-corrected chi connectivity index (χ4v) is 3.05. The molecule has 0 aliphatic rings. The van der Waals surface area contributed by atoms with Gasteiger partial charge in [-0.15, -0.1) is 0 Å². The van der Waals surface area contributed by atoms with Gasteiger partial charge in [-0.2, -0.15) is 0 Å². The van der Waals surface area contributed by atoms with Crippen molar-refractivity contribution in [3.05, 3.63) is 36.0 Å². The lowest BCUT2D eigenvalue weighted by atomic mass is 9.90. The Morgan fingerprint density at radius 1 is 1.03 bits per heavy atom. The van der Waals surface area contributed by atoms with Crippen LogP contribution >= 0.6 is 0 Å². The van der Waals surface area contributed by atoms with Gasteiger partial charge in [-0.05, 0) is 52.9 Å². The summed E-state index contributed by atoms with van der Waals surface area (Å²) in [5.74, 6) is -0.997. The number of esters is 2. The highest BCUT2D eigenvalue weighted by Gasteiger charge is 2.30. The van der Waals surface area contributed by atoms with Gasteiger partial charge in [-0.25, -0.2) is 4.79 Å². The van der Waals surface area contributed by atoms with Gasteiger partial charge in [-0.1, -0.05) is 32.0 Å². The Morgan fingerprint density at radius 2 is 1.68 bits per heavy atom. The summed E-state index contributed by atoms with van der Waals surface area (Å²) < 4.78 is 11.8. The minimum Gasteiger partial charge on any atom is -0.465 e. The molecule has 0 bridgehead atoms. The summed E-state index contributed by atoms with van der Waals surface area (Å²) in [7, 11) is 3.99. The van der Waals surface area contributed by atoms with Crippen molar-refractivity contribution in [2.75, 3.05) is 27.2 Å². The third kappa shape index (κ3) is 6.92. The first kappa shape index (κ1) is 24.6. The predicted molar refractivity (Wildman–Crippen MR) is 120 cm³/mol.